The summed E-state index contributed by atoms with van der Waals surface area (Å²) < 4.78 is 37.9. The van der Waals surface area contributed by atoms with Gasteiger partial charge in [-0.05, 0) is 41.5 Å². The molecule has 182 valence electrons. The van der Waals surface area contributed by atoms with Crippen LogP contribution in [0, 0.1) is 0 Å². The molecule has 1 heterocycles. The SMILES string of the molecule is COc1ccc2nc(NC(=O)c3ccc(C(N)c4ccccc4)cc3)sc2c1.O=C(O)C(F)(F)F. The quantitative estimate of drug-likeness (QED) is 0.343. The number of hydrogen-bond donors (Lipinski definition) is 3. The summed E-state index contributed by atoms with van der Waals surface area (Å²) in [4.78, 5) is 25.9. The van der Waals surface area contributed by atoms with E-state index < -0.39 is 12.1 Å². The summed E-state index contributed by atoms with van der Waals surface area (Å²) >= 11 is 1.41. The summed E-state index contributed by atoms with van der Waals surface area (Å²) in [5.41, 5.74) is 9.68. The Balaban J connectivity index is 0.000000429. The highest BCUT2D eigenvalue weighted by molar-refractivity contribution is 7.22. The molecule has 0 saturated heterocycles. The number of aromatic nitrogens is 1. The van der Waals surface area contributed by atoms with Gasteiger partial charge in [-0.25, -0.2) is 9.78 Å². The first-order valence-corrected chi connectivity index (χ1v) is 10.9. The maximum atomic E-state index is 12.6. The Bertz CT molecular complexity index is 1310. The zero-order valence-electron chi connectivity index (χ0n) is 18.2. The predicted octanol–water partition coefficient (Wildman–Crippen LogP) is 5.24. The maximum absolute atomic E-state index is 12.6. The number of alkyl halides is 3. The predicted molar refractivity (Wildman–Crippen MR) is 127 cm³/mol. The minimum absolute atomic E-state index is 0.203. The van der Waals surface area contributed by atoms with E-state index in [9.17, 15) is 18.0 Å². The molecule has 0 aliphatic heterocycles. The van der Waals surface area contributed by atoms with Crippen molar-refractivity contribution in [2.75, 3.05) is 12.4 Å². The number of nitrogens with one attached hydrogen (secondary N) is 1. The van der Waals surface area contributed by atoms with E-state index in [4.69, 9.17) is 20.4 Å². The van der Waals surface area contributed by atoms with Crippen molar-refractivity contribution in [3.05, 3.63) is 89.5 Å². The van der Waals surface area contributed by atoms with Crippen molar-refractivity contribution >= 4 is 38.6 Å². The summed E-state index contributed by atoms with van der Waals surface area (Å²) in [6.45, 7) is 0. The number of halogens is 3. The maximum Gasteiger partial charge on any atom is 0.490 e. The number of nitrogens with two attached hydrogens (primary N) is 1. The molecule has 0 bridgehead atoms. The number of ether oxygens (including phenoxy) is 1. The fourth-order valence-corrected chi connectivity index (χ4v) is 3.84. The van der Waals surface area contributed by atoms with Gasteiger partial charge in [-0.2, -0.15) is 13.2 Å². The monoisotopic (exact) mass is 503 g/mol. The van der Waals surface area contributed by atoms with Crippen molar-refractivity contribution in [1.29, 1.82) is 0 Å². The fraction of sp³-hybridized carbons (Fsp3) is 0.125. The van der Waals surface area contributed by atoms with Crippen molar-refractivity contribution in [3.63, 3.8) is 0 Å². The third-order valence-corrected chi connectivity index (χ3v) is 5.68. The van der Waals surface area contributed by atoms with Crippen LogP contribution in [0.1, 0.15) is 27.5 Å². The van der Waals surface area contributed by atoms with Crippen LogP contribution < -0.4 is 15.8 Å². The van der Waals surface area contributed by atoms with E-state index in [1.165, 1.54) is 11.3 Å². The van der Waals surface area contributed by atoms with Gasteiger partial charge in [0.05, 0.1) is 23.4 Å². The number of nitrogens with zero attached hydrogens (tertiary/aromatic N) is 1. The van der Waals surface area contributed by atoms with Gasteiger partial charge in [-0.3, -0.25) is 10.1 Å². The standard InChI is InChI=1S/C22H19N3O2S.C2HF3O2/c1-27-17-11-12-18-19(13-17)28-22(24-18)25-21(26)16-9-7-15(8-10-16)20(23)14-5-3-2-4-6-14;3-2(4,5)1(6)7/h2-13,20H,23H2,1H3,(H,24,25,26);(H,6,7). The van der Waals surface area contributed by atoms with Crippen LogP contribution in [-0.2, 0) is 4.79 Å². The van der Waals surface area contributed by atoms with Crippen LogP contribution in [0.2, 0.25) is 0 Å². The third kappa shape index (κ3) is 6.78. The largest absolute Gasteiger partial charge is 0.497 e. The van der Waals surface area contributed by atoms with Gasteiger partial charge < -0.3 is 15.6 Å². The number of benzene rings is 3. The average Bonchev–Trinajstić information content (AvgIpc) is 3.25. The number of hydrogen-bond acceptors (Lipinski definition) is 6. The lowest BCUT2D eigenvalue weighted by Crippen LogP contribution is -2.21. The molecule has 4 N–H and O–H groups in total. The molecule has 4 rings (SSSR count). The second-order valence-electron chi connectivity index (χ2n) is 7.12. The summed E-state index contributed by atoms with van der Waals surface area (Å²) in [6.07, 6.45) is -5.08. The number of carboxylic acid groups (broad SMARTS) is 1. The van der Waals surface area contributed by atoms with E-state index in [1.54, 1.807) is 19.2 Å². The molecule has 1 amide bonds. The minimum Gasteiger partial charge on any atom is -0.497 e. The molecule has 3 aromatic carbocycles. The molecular formula is C24H20F3N3O4S. The third-order valence-electron chi connectivity index (χ3n) is 4.75. The molecule has 1 unspecified atom stereocenters. The summed E-state index contributed by atoms with van der Waals surface area (Å²) in [5.74, 6) is -2.20. The first-order chi connectivity index (χ1) is 16.6. The van der Waals surface area contributed by atoms with Crippen molar-refractivity contribution in [2.24, 2.45) is 5.73 Å². The number of amides is 1. The van der Waals surface area contributed by atoms with E-state index in [1.807, 2.05) is 60.7 Å². The van der Waals surface area contributed by atoms with Gasteiger partial charge in [0.15, 0.2) is 5.13 Å². The Morgan fingerprint density at radius 3 is 2.20 bits per heavy atom. The number of aliphatic carboxylic acids is 1. The lowest BCUT2D eigenvalue weighted by atomic mass is 9.98. The van der Waals surface area contributed by atoms with E-state index in [0.717, 1.165) is 27.1 Å². The van der Waals surface area contributed by atoms with E-state index >= 15 is 0 Å². The van der Waals surface area contributed by atoms with E-state index in [0.29, 0.717) is 10.7 Å². The van der Waals surface area contributed by atoms with Crippen LogP contribution in [0.15, 0.2) is 72.8 Å². The molecule has 1 atom stereocenters. The first-order valence-electron chi connectivity index (χ1n) is 10.0. The van der Waals surface area contributed by atoms with Crippen LogP contribution in [0.5, 0.6) is 5.75 Å². The molecule has 0 fully saturated rings. The van der Waals surface area contributed by atoms with Gasteiger partial charge in [-0.15, -0.1) is 0 Å². The molecule has 35 heavy (non-hydrogen) atoms. The van der Waals surface area contributed by atoms with Gasteiger partial charge in [-0.1, -0.05) is 53.8 Å². The zero-order valence-corrected chi connectivity index (χ0v) is 19.1. The number of anilines is 1. The molecule has 7 nitrogen and oxygen atoms in total. The number of carbonyl (C=O) groups excluding carboxylic acids is 1. The Labute approximate surface area is 202 Å². The number of thiazole rings is 1. The smallest absolute Gasteiger partial charge is 0.490 e. The van der Waals surface area contributed by atoms with Crippen LogP contribution in [0.3, 0.4) is 0 Å². The molecule has 11 heteroatoms. The van der Waals surface area contributed by atoms with E-state index in [-0.39, 0.29) is 11.9 Å². The highest BCUT2D eigenvalue weighted by Gasteiger charge is 2.38. The molecule has 0 radical (unpaired) electrons. The molecule has 0 aliphatic carbocycles. The number of carbonyl (C=O) groups is 2. The van der Waals surface area contributed by atoms with Gasteiger partial charge in [0.1, 0.15) is 5.75 Å². The second-order valence-corrected chi connectivity index (χ2v) is 8.15. The van der Waals surface area contributed by atoms with Gasteiger partial charge >= 0.3 is 12.1 Å². The number of rotatable bonds is 5. The molecule has 0 saturated carbocycles. The molecular weight excluding hydrogens is 483 g/mol. The minimum atomic E-state index is -5.08. The zero-order chi connectivity index (χ0) is 25.6. The molecule has 0 spiro atoms. The Morgan fingerprint density at radius 1 is 1.03 bits per heavy atom. The molecule has 0 aliphatic rings. The number of fused-ring (bicyclic) bond motifs is 1. The highest BCUT2D eigenvalue weighted by atomic mass is 32.1. The van der Waals surface area contributed by atoms with Crippen LogP contribution in [0.4, 0.5) is 18.3 Å². The van der Waals surface area contributed by atoms with Crippen LogP contribution >= 0.6 is 11.3 Å². The second kappa shape index (κ2) is 11.0. The summed E-state index contributed by atoms with van der Waals surface area (Å²) in [5, 5.41) is 10.5. The molecule has 1 aromatic heterocycles. The fourth-order valence-electron chi connectivity index (χ4n) is 2.95. The average molecular weight is 504 g/mol. The lowest BCUT2D eigenvalue weighted by molar-refractivity contribution is -0.192. The van der Waals surface area contributed by atoms with Crippen molar-refractivity contribution < 1.29 is 32.6 Å². The van der Waals surface area contributed by atoms with Gasteiger partial charge in [0.2, 0.25) is 0 Å². The number of carboxylic acids is 1. The van der Waals surface area contributed by atoms with Crippen molar-refractivity contribution in [1.82, 2.24) is 4.98 Å². The highest BCUT2D eigenvalue weighted by Crippen LogP contribution is 2.29. The van der Waals surface area contributed by atoms with Crippen LogP contribution in [-0.4, -0.2) is 35.3 Å². The van der Waals surface area contributed by atoms with Crippen molar-refractivity contribution in [3.8, 4) is 5.75 Å². The Morgan fingerprint density at radius 2 is 1.63 bits per heavy atom. The summed E-state index contributed by atoms with van der Waals surface area (Å²) in [6, 6.07) is 22.6. The topological polar surface area (TPSA) is 115 Å². The Hall–Kier alpha value is -3.96. The van der Waals surface area contributed by atoms with Crippen molar-refractivity contribution in [2.45, 2.75) is 12.2 Å². The van der Waals surface area contributed by atoms with Gasteiger partial charge in [0, 0.05) is 5.56 Å². The summed E-state index contributed by atoms with van der Waals surface area (Å²) in [7, 11) is 1.62. The Kier molecular flexibility index (Phi) is 8.05. The normalized spacial score (nSPS) is 11.8. The number of methoxy groups -OCH3 is 1. The van der Waals surface area contributed by atoms with E-state index in [2.05, 4.69) is 10.3 Å². The van der Waals surface area contributed by atoms with Crippen LogP contribution in [0.25, 0.3) is 10.2 Å². The first kappa shape index (κ1) is 25.7. The molecule has 4 aromatic rings. The van der Waals surface area contributed by atoms with Gasteiger partial charge in [0.25, 0.3) is 5.91 Å². The lowest BCUT2D eigenvalue weighted by Gasteiger charge is -2.13.